The zero-order chi connectivity index (χ0) is 30.0. The maximum Gasteiger partial charge on any atom is 0.234 e. The van der Waals surface area contributed by atoms with Crippen molar-refractivity contribution in [2.24, 2.45) is 5.73 Å². The predicted molar refractivity (Wildman–Crippen MR) is 163 cm³/mol. The number of ether oxygens (including phenoxy) is 2. The first-order valence-electron chi connectivity index (χ1n) is 12.6. The Bertz CT molecular complexity index is 1640. The number of hydrogen-bond donors (Lipinski definition) is 2. The zero-order valence-corrected chi connectivity index (χ0v) is 25.6. The molecular formula is C28H24Cl2N6O4S2. The molecule has 1 unspecified atom stereocenters. The molecule has 3 aromatic rings. The van der Waals surface area contributed by atoms with Gasteiger partial charge in [0, 0.05) is 57.2 Å². The highest BCUT2D eigenvalue weighted by Gasteiger charge is 2.42. The standard InChI is InChI=1S/C28H24Cl2N6O4S2/c1-39-15-9-14(10-16(11-15)40-2)33-22(38)13-41-28-35-34-27(42-28)36-20-7-4-8-21(37)25(20)23(17(12-31)26(36)32)24-18(29)5-3-6-19(24)30/h3,5-6,9-11,23H,4,7-8,13,32H2,1-2H3,(H,33,38). The third kappa shape index (κ3) is 5.78. The van der Waals surface area contributed by atoms with E-state index in [0.717, 1.165) is 0 Å². The summed E-state index contributed by atoms with van der Waals surface area (Å²) in [6.07, 6.45) is 1.48. The van der Waals surface area contributed by atoms with Gasteiger partial charge in [-0.25, -0.2) is 0 Å². The Morgan fingerprint density at radius 1 is 1.19 bits per heavy atom. The molecule has 0 saturated carbocycles. The second-order valence-electron chi connectivity index (χ2n) is 9.24. The number of thioether (sulfide) groups is 1. The lowest BCUT2D eigenvalue weighted by atomic mass is 9.75. The number of amides is 1. The Morgan fingerprint density at radius 2 is 1.88 bits per heavy atom. The number of carbonyl (C=O) groups is 2. The fourth-order valence-corrected chi connectivity index (χ4v) is 7.23. The van der Waals surface area contributed by atoms with Crippen molar-refractivity contribution in [1.82, 2.24) is 10.2 Å². The highest BCUT2D eigenvalue weighted by molar-refractivity contribution is 8.01. The van der Waals surface area contributed by atoms with E-state index in [1.54, 1.807) is 41.3 Å². The predicted octanol–water partition coefficient (Wildman–Crippen LogP) is 5.90. The van der Waals surface area contributed by atoms with Crippen LogP contribution < -0.4 is 25.4 Å². The highest BCUT2D eigenvalue weighted by atomic mass is 35.5. The number of hydrogen-bond acceptors (Lipinski definition) is 11. The normalized spacial score (nSPS) is 16.7. The number of halogens is 2. The maximum absolute atomic E-state index is 13.4. The van der Waals surface area contributed by atoms with Crippen molar-refractivity contribution >= 4 is 68.8 Å². The Hall–Kier alpha value is -3.76. The number of nitrogens with zero attached hydrogens (tertiary/aromatic N) is 4. The molecule has 0 radical (unpaired) electrons. The van der Waals surface area contributed by atoms with E-state index >= 15 is 0 Å². The summed E-state index contributed by atoms with van der Waals surface area (Å²) in [4.78, 5) is 27.7. The van der Waals surface area contributed by atoms with Gasteiger partial charge >= 0.3 is 0 Å². The van der Waals surface area contributed by atoms with Crippen LogP contribution in [0, 0.1) is 11.3 Å². The van der Waals surface area contributed by atoms with Crippen LogP contribution in [0.5, 0.6) is 11.5 Å². The number of nitrogens with two attached hydrogens (primary N) is 1. The third-order valence-corrected chi connectivity index (χ3v) is 9.45. The van der Waals surface area contributed by atoms with Crippen LogP contribution in [0.1, 0.15) is 30.7 Å². The van der Waals surface area contributed by atoms with Gasteiger partial charge in [0.15, 0.2) is 10.1 Å². The average Bonchev–Trinajstić information content (AvgIpc) is 3.44. The molecule has 3 N–H and O–H groups in total. The van der Waals surface area contributed by atoms with E-state index in [1.165, 1.54) is 37.3 Å². The molecule has 1 aliphatic heterocycles. The Labute approximate surface area is 260 Å². The second-order valence-corrected chi connectivity index (χ2v) is 12.2. The smallest absolute Gasteiger partial charge is 0.234 e. The number of ketones is 1. The first kappa shape index (κ1) is 29.7. The Balaban J connectivity index is 1.41. The van der Waals surface area contributed by atoms with Crippen LogP contribution in [0.2, 0.25) is 10.0 Å². The van der Waals surface area contributed by atoms with Gasteiger partial charge in [0.1, 0.15) is 17.3 Å². The van der Waals surface area contributed by atoms with Gasteiger partial charge in [-0.3, -0.25) is 14.5 Å². The van der Waals surface area contributed by atoms with Gasteiger partial charge in [0.2, 0.25) is 11.0 Å². The third-order valence-electron chi connectivity index (χ3n) is 6.75. The molecule has 0 fully saturated rings. The van der Waals surface area contributed by atoms with Crippen LogP contribution in [0.25, 0.3) is 0 Å². The molecule has 1 atom stereocenters. The van der Waals surface area contributed by atoms with Crippen molar-refractivity contribution in [3.8, 4) is 17.6 Å². The lowest BCUT2D eigenvalue weighted by Crippen LogP contribution is -2.38. The molecule has 14 heteroatoms. The van der Waals surface area contributed by atoms with E-state index in [2.05, 4.69) is 21.6 Å². The fourth-order valence-electron chi connectivity index (χ4n) is 4.94. The summed E-state index contributed by atoms with van der Waals surface area (Å²) >= 11 is 15.5. The van der Waals surface area contributed by atoms with E-state index in [0.29, 0.717) is 72.8 Å². The molecule has 1 aromatic heterocycles. The molecular weight excluding hydrogens is 619 g/mol. The van der Waals surface area contributed by atoms with Gasteiger partial charge in [-0.05, 0) is 25.0 Å². The number of allylic oxidation sites excluding steroid dienone is 3. The van der Waals surface area contributed by atoms with Crippen LogP contribution in [0.4, 0.5) is 10.8 Å². The Kier molecular flexibility index (Phi) is 8.93. The minimum absolute atomic E-state index is 0.0580. The van der Waals surface area contributed by atoms with Crippen molar-refractivity contribution in [3.63, 3.8) is 0 Å². The Morgan fingerprint density at radius 3 is 2.52 bits per heavy atom. The van der Waals surface area contributed by atoms with Gasteiger partial charge in [-0.2, -0.15) is 5.26 Å². The van der Waals surface area contributed by atoms with Crippen molar-refractivity contribution in [2.45, 2.75) is 29.5 Å². The van der Waals surface area contributed by atoms with Crippen LogP contribution in [-0.4, -0.2) is 41.9 Å². The van der Waals surface area contributed by atoms with Crippen molar-refractivity contribution < 1.29 is 19.1 Å². The van der Waals surface area contributed by atoms with E-state index < -0.39 is 5.92 Å². The first-order chi connectivity index (χ1) is 20.2. The SMILES string of the molecule is COc1cc(NC(=O)CSc2nnc(N3C(N)=C(C#N)C(c4c(Cl)cccc4Cl)C4=C3CCCC4=O)s2)cc(OC)c1. The molecule has 42 heavy (non-hydrogen) atoms. The molecule has 0 bridgehead atoms. The van der Waals surface area contributed by atoms with Crippen molar-refractivity contribution in [1.29, 1.82) is 5.26 Å². The van der Waals surface area contributed by atoms with E-state index in [-0.39, 0.29) is 28.8 Å². The minimum atomic E-state index is -0.795. The number of benzene rings is 2. The molecule has 1 aliphatic carbocycles. The van der Waals surface area contributed by atoms with Crippen molar-refractivity contribution in [2.75, 3.05) is 30.2 Å². The van der Waals surface area contributed by atoms with E-state index in [4.69, 9.17) is 38.4 Å². The number of aromatic nitrogens is 2. The molecule has 2 heterocycles. The second kappa shape index (κ2) is 12.6. The largest absolute Gasteiger partial charge is 0.497 e. The number of anilines is 2. The first-order valence-corrected chi connectivity index (χ1v) is 15.2. The average molecular weight is 644 g/mol. The lowest BCUT2D eigenvalue weighted by Gasteiger charge is -2.38. The van der Waals surface area contributed by atoms with Crippen LogP contribution in [-0.2, 0) is 9.59 Å². The summed E-state index contributed by atoms with van der Waals surface area (Å²) in [6, 6.07) is 12.3. The summed E-state index contributed by atoms with van der Waals surface area (Å²) in [5.41, 5.74) is 8.83. The molecule has 5 rings (SSSR count). The fraction of sp³-hybridized carbons (Fsp3) is 0.250. The maximum atomic E-state index is 13.4. The van der Waals surface area contributed by atoms with E-state index in [9.17, 15) is 14.9 Å². The van der Waals surface area contributed by atoms with Crippen LogP contribution >= 0.6 is 46.3 Å². The van der Waals surface area contributed by atoms with Crippen molar-refractivity contribution in [3.05, 3.63) is 74.7 Å². The quantitative estimate of drug-likeness (QED) is 0.285. The zero-order valence-electron chi connectivity index (χ0n) is 22.4. The summed E-state index contributed by atoms with van der Waals surface area (Å²) in [7, 11) is 3.06. The minimum Gasteiger partial charge on any atom is -0.497 e. The molecule has 2 aromatic carbocycles. The molecule has 2 aliphatic rings. The van der Waals surface area contributed by atoms with Crippen LogP contribution in [0.15, 0.2) is 63.4 Å². The molecule has 0 saturated heterocycles. The van der Waals surface area contributed by atoms with Gasteiger partial charge in [0.05, 0.1) is 37.5 Å². The highest BCUT2D eigenvalue weighted by Crippen LogP contribution is 2.49. The topological polar surface area (TPSA) is 143 Å². The molecule has 1 amide bonds. The number of Topliss-reactive ketones (excluding diaryl/α,β-unsaturated/α-hetero) is 1. The van der Waals surface area contributed by atoms with Gasteiger partial charge in [-0.15, -0.1) is 10.2 Å². The van der Waals surface area contributed by atoms with Gasteiger partial charge in [-0.1, -0.05) is 52.4 Å². The molecule has 0 spiro atoms. The van der Waals surface area contributed by atoms with E-state index in [1.807, 2.05) is 0 Å². The number of rotatable bonds is 8. The number of nitriles is 1. The van der Waals surface area contributed by atoms with Crippen LogP contribution in [0.3, 0.4) is 0 Å². The number of nitrogens with one attached hydrogen (secondary N) is 1. The monoisotopic (exact) mass is 642 g/mol. The number of methoxy groups -OCH3 is 2. The summed E-state index contributed by atoms with van der Waals surface area (Å²) in [5.74, 6) is 0.113. The van der Waals surface area contributed by atoms with Gasteiger partial charge < -0.3 is 20.5 Å². The summed E-state index contributed by atoms with van der Waals surface area (Å²) in [5, 5.41) is 22.6. The van der Waals surface area contributed by atoms with Gasteiger partial charge in [0.25, 0.3) is 0 Å². The molecule has 10 nitrogen and oxygen atoms in total. The summed E-state index contributed by atoms with van der Waals surface area (Å²) in [6.45, 7) is 0. The number of carbonyl (C=O) groups excluding carboxylic acids is 2. The molecule has 216 valence electrons. The summed E-state index contributed by atoms with van der Waals surface area (Å²) < 4.78 is 11.0. The lowest BCUT2D eigenvalue weighted by molar-refractivity contribution is -0.116.